The molecule has 0 saturated carbocycles. The number of alkyl halides is 3. The number of rotatable bonds is 4. The molecule has 1 amide bonds. The molecule has 8 heteroatoms. The van der Waals surface area contributed by atoms with E-state index in [2.05, 4.69) is 29.1 Å². The average molecular weight is 457 g/mol. The van der Waals surface area contributed by atoms with Gasteiger partial charge in [0.1, 0.15) is 0 Å². The van der Waals surface area contributed by atoms with Crippen molar-refractivity contribution in [2.75, 3.05) is 26.2 Å². The van der Waals surface area contributed by atoms with Crippen molar-refractivity contribution in [1.82, 2.24) is 19.6 Å². The summed E-state index contributed by atoms with van der Waals surface area (Å²) in [6.07, 6.45) is -2.13. The third kappa shape index (κ3) is 5.11. The van der Waals surface area contributed by atoms with Crippen molar-refractivity contribution in [3.8, 4) is 5.69 Å². The van der Waals surface area contributed by atoms with Crippen LogP contribution >= 0.6 is 0 Å². The molecule has 0 radical (unpaired) electrons. The lowest BCUT2D eigenvalue weighted by molar-refractivity contribution is -0.137. The van der Waals surface area contributed by atoms with Gasteiger partial charge in [0.15, 0.2) is 0 Å². The van der Waals surface area contributed by atoms with E-state index < -0.39 is 11.7 Å². The molecule has 1 fully saturated rings. The minimum Gasteiger partial charge on any atom is -0.337 e. The lowest BCUT2D eigenvalue weighted by Crippen LogP contribution is -2.35. The lowest BCUT2D eigenvalue weighted by atomic mass is 10.1. The van der Waals surface area contributed by atoms with Gasteiger partial charge in [0.25, 0.3) is 5.91 Å². The average Bonchev–Trinajstić information content (AvgIpc) is 3.01. The Labute approximate surface area is 191 Å². The third-order valence-corrected chi connectivity index (χ3v) is 6.19. The first-order chi connectivity index (χ1) is 15.7. The van der Waals surface area contributed by atoms with Gasteiger partial charge in [-0.25, -0.2) is 4.68 Å². The smallest absolute Gasteiger partial charge is 0.337 e. The summed E-state index contributed by atoms with van der Waals surface area (Å²) in [5.74, 6) is -0.136. The number of carbonyl (C=O) groups is 1. The van der Waals surface area contributed by atoms with Crippen LogP contribution in [0.1, 0.15) is 39.2 Å². The van der Waals surface area contributed by atoms with Crippen molar-refractivity contribution in [1.29, 1.82) is 0 Å². The molecule has 0 spiro atoms. The quantitative estimate of drug-likeness (QED) is 0.563. The van der Waals surface area contributed by atoms with Gasteiger partial charge in [-0.3, -0.25) is 9.69 Å². The van der Waals surface area contributed by atoms with Crippen molar-refractivity contribution in [2.45, 2.75) is 33.0 Å². The van der Waals surface area contributed by atoms with Crippen LogP contribution in [0.5, 0.6) is 0 Å². The minimum absolute atomic E-state index is 0.136. The fourth-order valence-electron chi connectivity index (χ4n) is 4.22. The predicted octanol–water partition coefficient (Wildman–Crippen LogP) is 4.86. The summed E-state index contributed by atoms with van der Waals surface area (Å²) in [6.45, 7) is 7.56. The molecule has 33 heavy (non-hydrogen) atoms. The molecule has 2 heterocycles. The Balaban J connectivity index is 1.47. The highest BCUT2D eigenvalue weighted by Gasteiger charge is 2.31. The van der Waals surface area contributed by atoms with Crippen molar-refractivity contribution in [3.63, 3.8) is 0 Å². The summed E-state index contributed by atoms with van der Waals surface area (Å²) < 4.78 is 40.7. The van der Waals surface area contributed by atoms with Gasteiger partial charge in [0, 0.05) is 32.7 Å². The number of carbonyl (C=O) groups excluding carboxylic acids is 1. The number of aromatic nitrogens is 2. The number of benzene rings is 2. The van der Waals surface area contributed by atoms with Crippen LogP contribution in [0.4, 0.5) is 13.2 Å². The van der Waals surface area contributed by atoms with Crippen LogP contribution < -0.4 is 0 Å². The van der Waals surface area contributed by atoms with Crippen LogP contribution in [-0.4, -0.2) is 51.7 Å². The predicted molar refractivity (Wildman–Crippen MR) is 120 cm³/mol. The number of hydrogen-bond acceptors (Lipinski definition) is 3. The normalized spacial score (nSPS) is 15.5. The van der Waals surface area contributed by atoms with Crippen LogP contribution in [0.15, 0.2) is 54.7 Å². The van der Waals surface area contributed by atoms with Crippen LogP contribution in [0, 0.1) is 13.8 Å². The summed E-state index contributed by atoms with van der Waals surface area (Å²) in [6, 6.07) is 13.3. The molecule has 3 aromatic rings. The van der Waals surface area contributed by atoms with E-state index in [1.165, 1.54) is 28.1 Å². The van der Waals surface area contributed by atoms with Gasteiger partial charge in [0.2, 0.25) is 0 Å². The van der Waals surface area contributed by atoms with Crippen LogP contribution in [0.2, 0.25) is 0 Å². The second kappa shape index (κ2) is 9.39. The minimum atomic E-state index is -4.44. The van der Waals surface area contributed by atoms with Gasteiger partial charge in [0.05, 0.1) is 28.7 Å². The zero-order chi connectivity index (χ0) is 23.6. The van der Waals surface area contributed by atoms with E-state index in [4.69, 9.17) is 0 Å². The molecule has 0 atom stereocenters. The zero-order valence-corrected chi connectivity index (χ0v) is 18.8. The molecule has 1 aliphatic rings. The monoisotopic (exact) mass is 456 g/mol. The Kier molecular flexibility index (Phi) is 6.56. The molecule has 2 aromatic carbocycles. The van der Waals surface area contributed by atoms with Crippen LogP contribution in [0.3, 0.4) is 0 Å². The maximum absolute atomic E-state index is 13.2. The Morgan fingerprint density at radius 3 is 2.55 bits per heavy atom. The van der Waals surface area contributed by atoms with Gasteiger partial charge in [-0.2, -0.15) is 18.3 Å². The molecule has 4 rings (SSSR count). The van der Waals surface area contributed by atoms with E-state index in [1.54, 1.807) is 13.0 Å². The van der Waals surface area contributed by atoms with E-state index in [9.17, 15) is 18.0 Å². The van der Waals surface area contributed by atoms with E-state index in [0.29, 0.717) is 24.3 Å². The molecule has 0 unspecified atom stereocenters. The first-order valence-corrected chi connectivity index (χ1v) is 11.0. The van der Waals surface area contributed by atoms with E-state index in [1.807, 2.05) is 17.0 Å². The number of nitrogens with zero attached hydrogens (tertiary/aromatic N) is 4. The van der Waals surface area contributed by atoms with Gasteiger partial charge >= 0.3 is 6.18 Å². The topological polar surface area (TPSA) is 41.4 Å². The molecule has 1 saturated heterocycles. The lowest BCUT2D eigenvalue weighted by Gasteiger charge is -2.22. The van der Waals surface area contributed by atoms with Gasteiger partial charge in [-0.05, 0) is 49.6 Å². The first kappa shape index (κ1) is 23.0. The Bertz CT molecular complexity index is 1140. The largest absolute Gasteiger partial charge is 0.416 e. The first-order valence-electron chi connectivity index (χ1n) is 11.0. The van der Waals surface area contributed by atoms with Crippen molar-refractivity contribution in [2.24, 2.45) is 0 Å². The Hall–Kier alpha value is -3.13. The molecule has 0 aliphatic carbocycles. The zero-order valence-electron chi connectivity index (χ0n) is 18.8. The summed E-state index contributed by atoms with van der Waals surface area (Å²) >= 11 is 0. The molecule has 174 valence electrons. The Morgan fingerprint density at radius 1 is 1.00 bits per heavy atom. The van der Waals surface area contributed by atoms with E-state index in [0.717, 1.165) is 38.2 Å². The standard InChI is InChI=1S/C25H27F3N4O/c1-18-7-3-4-8-20(18)17-30-11-6-12-31(14-13-30)24(33)23-16-29-32(19(23)2)22-10-5-9-21(15-22)25(26,27)28/h3-5,7-10,15-16H,6,11-14,17H2,1-2H3. The summed E-state index contributed by atoms with van der Waals surface area (Å²) in [5.41, 5.74) is 3.02. The maximum atomic E-state index is 13.2. The molecule has 0 N–H and O–H groups in total. The fraction of sp³-hybridized carbons (Fsp3) is 0.360. The van der Waals surface area contributed by atoms with Gasteiger partial charge in [-0.1, -0.05) is 30.3 Å². The van der Waals surface area contributed by atoms with Gasteiger partial charge < -0.3 is 4.90 Å². The molecule has 0 bridgehead atoms. The van der Waals surface area contributed by atoms with Crippen LogP contribution in [0.25, 0.3) is 5.69 Å². The van der Waals surface area contributed by atoms with Crippen molar-refractivity contribution in [3.05, 3.63) is 82.7 Å². The Morgan fingerprint density at radius 2 is 1.79 bits per heavy atom. The highest BCUT2D eigenvalue weighted by molar-refractivity contribution is 5.95. The molecular formula is C25H27F3N4O. The number of halogens is 3. The van der Waals surface area contributed by atoms with Gasteiger partial charge in [-0.15, -0.1) is 0 Å². The maximum Gasteiger partial charge on any atom is 0.416 e. The van der Waals surface area contributed by atoms with E-state index in [-0.39, 0.29) is 11.6 Å². The molecule has 1 aromatic heterocycles. The molecular weight excluding hydrogens is 429 g/mol. The molecule has 5 nitrogen and oxygen atoms in total. The highest BCUT2D eigenvalue weighted by atomic mass is 19.4. The SMILES string of the molecule is Cc1ccccc1CN1CCCN(C(=O)c2cnn(-c3cccc(C(F)(F)F)c3)c2C)CC1. The number of aryl methyl sites for hydroxylation is 1. The molecule has 1 aliphatic heterocycles. The summed E-state index contributed by atoms with van der Waals surface area (Å²) in [4.78, 5) is 17.4. The second-order valence-corrected chi connectivity index (χ2v) is 8.45. The fourth-order valence-corrected chi connectivity index (χ4v) is 4.22. The number of amides is 1. The van der Waals surface area contributed by atoms with E-state index >= 15 is 0 Å². The third-order valence-electron chi connectivity index (χ3n) is 6.19. The van der Waals surface area contributed by atoms with Crippen molar-refractivity contribution < 1.29 is 18.0 Å². The van der Waals surface area contributed by atoms with Crippen LogP contribution in [-0.2, 0) is 12.7 Å². The summed E-state index contributed by atoms with van der Waals surface area (Å²) in [5, 5.41) is 4.22. The highest BCUT2D eigenvalue weighted by Crippen LogP contribution is 2.30. The second-order valence-electron chi connectivity index (χ2n) is 8.45. The summed E-state index contributed by atoms with van der Waals surface area (Å²) in [7, 11) is 0. The van der Waals surface area contributed by atoms with Crippen molar-refractivity contribution >= 4 is 5.91 Å². The number of hydrogen-bond donors (Lipinski definition) is 0.